The van der Waals surface area contributed by atoms with E-state index >= 15 is 0 Å². The highest BCUT2D eigenvalue weighted by Gasteiger charge is 2.41. The number of pyridine rings is 2. The third kappa shape index (κ3) is 7.52. The second-order valence-electron chi connectivity index (χ2n) is 12.1. The standard InChI is InChI=1S/C34H25Cl2F3N10O4/c1-18-3-2-4-27(47-17-42-23(13-30(47)50)22-12-20(35)5-7-26(22)49-16-28(36)44-46-49)24-11-19(9-10-40-24)31-25(43-32(18)51)15-48(45-31)21-6-8-29(41-14-21)53-33(52)34(37,38)39/h5-18,27H,2-4H2,1H3,(H,43,51)/t18-,27+/m1/s1. The summed E-state index contributed by atoms with van der Waals surface area (Å²) in [5.41, 5.74) is 3.14. The zero-order valence-corrected chi connectivity index (χ0v) is 28.8. The Morgan fingerprint density at radius 2 is 1.81 bits per heavy atom. The summed E-state index contributed by atoms with van der Waals surface area (Å²) < 4.78 is 46.5. The maximum atomic E-state index is 13.9. The predicted octanol–water partition coefficient (Wildman–Crippen LogP) is 6.26. The Morgan fingerprint density at radius 1 is 0.981 bits per heavy atom. The van der Waals surface area contributed by atoms with Gasteiger partial charge in [-0.2, -0.15) is 18.3 Å². The molecule has 14 nitrogen and oxygen atoms in total. The van der Waals surface area contributed by atoms with Crippen LogP contribution in [0.3, 0.4) is 0 Å². The first kappa shape index (κ1) is 35.5. The predicted molar refractivity (Wildman–Crippen MR) is 185 cm³/mol. The third-order valence-corrected chi connectivity index (χ3v) is 8.87. The van der Waals surface area contributed by atoms with Gasteiger partial charge >= 0.3 is 12.1 Å². The van der Waals surface area contributed by atoms with Gasteiger partial charge in [-0.25, -0.2) is 24.1 Å². The molecule has 5 aromatic heterocycles. The Kier molecular flexibility index (Phi) is 9.52. The van der Waals surface area contributed by atoms with Gasteiger partial charge in [0.25, 0.3) is 5.56 Å². The van der Waals surface area contributed by atoms with Gasteiger partial charge in [-0.3, -0.25) is 19.1 Å². The van der Waals surface area contributed by atoms with E-state index in [-0.39, 0.29) is 16.6 Å². The summed E-state index contributed by atoms with van der Waals surface area (Å²) in [7, 11) is 0. The molecule has 2 bridgehead atoms. The number of rotatable bonds is 5. The highest BCUT2D eigenvalue weighted by atomic mass is 35.5. The van der Waals surface area contributed by atoms with E-state index in [1.165, 1.54) is 51.0 Å². The van der Waals surface area contributed by atoms with Crippen molar-refractivity contribution in [3.8, 4) is 39.8 Å². The van der Waals surface area contributed by atoms with Gasteiger partial charge in [0, 0.05) is 40.4 Å². The Labute approximate surface area is 307 Å². The Bertz CT molecular complexity index is 2410. The van der Waals surface area contributed by atoms with E-state index in [0.717, 1.165) is 6.07 Å². The summed E-state index contributed by atoms with van der Waals surface area (Å²) in [6, 6.07) is 11.8. The molecule has 53 heavy (non-hydrogen) atoms. The van der Waals surface area contributed by atoms with Crippen LogP contribution in [0.1, 0.15) is 37.9 Å². The molecule has 1 aromatic carbocycles. The minimum Gasteiger partial charge on any atom is -0.401 e. The van der Waals surface area contributed by atoms with Crippen molar-refractivity contribution < 1.29 is 27.5 Å². The van der Waals surface area contributed by atoms with Crippen molar-refractivity contribution in [1.82, 2.24) is 44.3 Å². The van der Waals surface area contributed by atoms with Crippen molar-refractivity contribution in [3.63, 3.8) is 0 Å². The third-order valence-electron chi connectivity index (χ3n) is 8.46. The molecule has 0 saturated carbocycles. The molecule has 6 heterocycles. The number of aromatic nitrogens is 9. The molecule has 0 spiro atoms. The number of anilines is 1. The fourth-order valence-electron chi connectivity index (χ4n) is 5.81. The number of benzene rings is 1. The van der Waals surface area contributed by atoms with Crippen LogP contribution in [0, 0.1) is 5.92 Å². The monoisotopic (exact) mass is 764 g/mol. The minimum atomic E-state index is -5.19. The lowest BCUT2D eigenvalue weighted by atomic mass is 9.97. The van der Waals surface area contributed by atoms with E-state index in [2.05, 4.69) is 40.4 Å². The summed E-state index contributed by atoms with van der Waals surface area (Å²) >= 11 is 12.3. The Morgan fingerprint density at radius 3 is 2.53 bits per heavy atom. The number of amides is 1. The number of halogens is 5. The van der Waals surface area contributed by atoms with Crippen LogP contribution in [0.15, 0.2) is 84.4 Å². The van der Waals surface area contributed by atoms with Crippen LogP contribution >= 0.6 is 23.2 Å². The van der Waals surface area contributed by atoms with Crippen LogP contribution in [0.25, 0.3) is 33.9 Å². The minimum absolute atomic E-state index is 0.181. The lowest BCUT2D eigenvalue weighted by Crippen LogP contribution is -2.28. The first-order valence-electron chi connectivity index (χ1n) is 15.9. The van der Waals surface area contributed by atoms with Gasteiger partial charge in [-0.05, 0) is 49.2 Å². The lowest BCUT2D eigenvalue weighted by Gasteiger charge is -2.22. The van der Waals surface area contributed by atoms with Crippen LogP contribution in [0.2, 0.25) is 10.2 Å². The summed E-state index contributed by atoms with van der Waals surface area (Å²) in [4.78, 5) is 51.5. The molecular weight excluding hydrogens is 740 g/mol. The number of carbonyl (C=O) groups is 2. The SMILES string of the molecule is C[C@@H]1CCC[C@H](n2cnc(-c3cc(Cl)ccc3-n3cc(Cl)nn3)cc2=O)c2cc(ccn2)-c2nn(-c3ccc(OC(=O)C(F)(F)F)nc3)cc2NC1=O. The van der Waals surface area contributed by atoms with Crippen molar-refractivity contribution >= 4 is 40.8 Å². The molecule has 1 aliphatic rings. The molecule has 270 valence electrons. The van der Waals surface area contributed by atoms with E-state index in [0.29, 0.717) is 69.6 Å². The second-order valence-corrected chi connectivity index (χ2v) is 12.9. The van der Waals surface area contributed by atoms with E-state index in [1.54, 1.807) is 43.5 Å². The molecule has 0 saturated heterocycles. The van der Waals surface area contributed by atoms with Crippen molar-refractivity contribution in [2.45, 2.75) is 38.4 Å². The second kappa shape index (κ2) is 14.2. The van der Waals surface area contributed by atoms with E-state index < -0.39 is 30.0 Å². The first-order valence-corrected chi connectivity index (χ1v) is 16.7. The number of hydrogen-bond donors (Lipinski definition) is 1. The summed E-state index contributed by atoms with van der Waals surface area (Å²) in [6.07, 6.45) is 3.55. The number of nitrogens with zero attached hydrogens (tertiary/aromatic N) is 9. The summed E-state index contributed by atoms with van der Waals surface area (Å²) in [5, 5.41) is 16.0. The fourth-order valence-corrected chi connectivity index (χ4v) is 6.11. The molecule has 6 aromatic rings. The Balaban J connectivity index is 1.25. The normalized spacial score (nSPS) is 16.2. The van der Waals surface area contributed by atoms with Crippen LogP contribution in [-0.4, -0.2) is 62.3 Å². The summed E-state index contributed by atoms with van der Waals surface area (Å²) in [6.45, 7) is 1.79. The average Bonchev–Trinajstić information content (AvgIpc) is 3.76. The van der Waals surface area contributed by atoms with Gasteiger partial charge in [-0.1, -0.05) is 41.8 Å². The number of fused-ring (bicyclic) bond motifs is 4. The zero-order valence-electron chi connectivity index (χ0n) is 27.3. The molecule has 0 fully saturated rings. The van der Waals surface area contributed by atoms with Crippen LogP contribution in [-0.2, 0) is 9.59 Å². The number of hydrogen-bond acceptors (Lipinski definition) is 10. The number of carbonyl (C=O) groups excluding carboxylic acids is 2. The van der Waals surface area contributed by atoms with Crippen molar-refractivity contribution in [1.29, 1.82) is 0 Å². The molecule has 0 radical (unpaired) electrons. The molecule has 2 atom stereocenters. The number of ether oxygens (including phenoxy) is 1. The van der Waals surface area contributed by atoms with Gasteiger partial charge in [0.15, 0.2) is 5.15 Å². The molecule has 1 amide bonds. The molecule has 0 unspecified atom stereocenters. The van der Waals surface area contributed by atoms with Gasteiger partial charge in [0.05, 0.1) is 59.4 Å². The van der Waals surface area contributed by atoms with Crippen LogP contribution in [0.4, 0.5) is 18.9 Å². The van der Waals surface area contributed by atoms with Crippen molar-refractivity contribution in [2.75, 3.05) is 5.32 Å². The highest BCUT2D eigenvalue weighted by Crippen LogP contribution is 2.34. The van der Waals surface area contributed by atoms with Crippen LogP contribution < -0.4 is 15.6 Å². The number of esters is 1. The fraction of sp³-hybridized carbons (Fsp3) is 0.206. The maximum absolute atomic E-state index is 13.9. The smallest absolute Gasteiger partial charge is 0.401 e. The van der Waals surface area contributed by atoms with Gasteiger partial charge in [0.1, 0.15) is 5.69 Å². The van der Waals surface area contributed by atoms with E-state index in [1.807, 2.05) is 0 Å². The molecule has 1 N–H and O–H groups in total. The quantitative estimate of drug-likeness (QED) is 0.198. The van der Waals surface area contributed by atoms with Gasteiger partial charge in [-0.15, -0.1) is 5.10 Å². The van der Waals surface area contributed by atoms with Gasteiger partial charge < -0.3 is 10.1 Å². The highest BCUT2D eigenvalue weighted by molar-refractivity contribution is 6.31. The Hall–Kier alpha value is -5.94. The lowest BCUT2D eigenvalue weighted by molar-refractivity contribution is -0.190. The van der Waals surface area contributed by atoms with Crippen LogP contribution in [0.5, 0.6) is 5.88 Å². The first-order chi connectivity index (χ1) is 25.3. The summed E-state index contributed by atoms with van der Waals surface area (Å²) in [5.74, 6) is -3.65. The van der Waals surface area contributed by atoms with Gasteiger partial charge in [0.2, 0.25) is 11.8 Å². The number of alkyl halides is 3. The largest absolute Gasteiger partial charge is 0.491 e. The number of nitrogens with one attached hydrogen (secondary N) is 1. The molecule has 7 rings (SSSR count). The van der Waals surface area contributed by atoms with Crippen molar-refractivity contribution in [2.24, 2.45) is 5.92 Å². The van der Waals surface area contributed by atoms with E-state index in [9.17, 15) is 27.6 Å². The molecule has 0 aliphatic carbocycles. The van der Waals surface area contributed by atoms with E-state index in [4.69, 9.17) is 23.2 Å². The zero-order chi connectivity index (χ0) is 37.4. The maximum Gasteiger partial charge on any atom is 0.491 e. The molecular formula is C34H25Cl2F3N10O4. The molecule has 19 heteroatoms. The van der Waals surface area contributed by atoms with Crippen molar-refractivity contribution in [3.05, 3.63) is 106 Å². The molecule has 1 aliphatic heterocycles. The average molecular weight is 766 g/mol. The topological polar surface area (TPSA) is 165 Å².